The molecule has 0 atom stereocenters. The average Bonchev–Trinajstić information content (AvgIpc) is 2.74. The van der Waals surface area contributed by atoms with Gasteiger partial charge in [0.25, 0.3) is 0 Å². The Hall–Kier alpha value is -2.36. The molecule has 16 heavy (non-hydrogen) atoms. The third kappa shape index (κ3) is 1.50. The predicted molar refractivity (Wildman–Crippen MR) is 60.0 cm³/mol. The lowest BCUT2D eigenvalue weighted by Gasteiger charge is -2.04. The summed E-state index contributed by atoms with van der Waals surface area (Å²) in [6.45, 7) is 0. The van der Waals surface area contributed by atoms with Gasteiger partial charge >= 0.3 is 6.01 Å². The number of para-hydroxylation sites is 1. The van der Waals surface area contributed by atoms with E-state index < -0.39 is 0 Å². The maximum atomic E-state index is 5.53. The van der Waals surface area contributed by atoms with E-state index in [1.54, 1.807) is 23.2 Å². The van der Waals surface area contributed by atoms with Crippen molar-refractivity contribution < 1.29 is 4.84 Å². The number of benzene rings is 1. The molecule has 0 aliphatic rings. The van der Waals surface area contributed by atoms with Crippen molar-refractivity contribution in [3.8, 4) is 6.01 Å². The van der Waals surface area contributed by atoms with Crippen LogP contribution in [0.2, 0.25) is 0 Å². The summed E-state index contributed by atoms with van der Waals surface area (Å²) in [5.74, 6) is 0. The minimum Gasteiger partial charge on any atom is -0.333 e. The Labute approximate surface area is 92.1 Å². The van der Waals surface area contributed by atoms with Crippen LogP contribution in [0.4, 0.5) is 0 Å². The third-order valence-corrected chi connectivity index (χ3v) is 2.29. The Bertz CT molecular complexity index is 604. The second-order valence-corrected chi connectivity index (χ2v) is 3.32. The number of aromatic nitrogens is 3. The van der Waals surface area contributed by atoms with Gasteiger partial charge in [-0.05, 0) is 18.2 Å². The summed E-state index contributed by atoms with van der Waals surface area (Å²) in [6.07, 6.45) is 5.14. The van der Waals surface area contributed by atoms with Gasteiger partial charge in [0.1, 0.15) is 0 Å². The van der Waals surface area contributed by atoms with Crippen LogP contribution in [-0.4, -0.2) is 14.7 Å². The van der Waals surface area contributed by atoms with Crippen molar-refractivity contribution >= 4 is 10.9 Å². The number of fused-ring (bicyclic) bond motifs is 1. The van der Waals surface area contributed by atoms with Gasteiger partial charge in [-0.1, -0.05) is 18.2 Å². The number of hydrogen-bond donors (Lipinski definition) is 0. The first-order valence-electron chi connectivity index (χ1n) is 4.95. The molecule has 1 aromatic carbocycles. The molecule has 0 amide bonds. The largest absolute Gasteiger partial charge is 0.343 e. The molecule has 0 N–H and O–H groups in total. The highest BCUT2D eigenvalue weighted by molar-refractivity contribution is 5.79. The molecule has 0 aliphatic heterocycles. The maximum absolute atomic E-state index is 5.53. The molecule has 0 spiro atoms. The fraction of sp³-hybridized carbons (Fsp3) is 0. The smallest absolute Gasteiger partial charge is 0.333 e. The quantitative estimate of drug-likeness (QED) is 0.652. The number of nitrogens with zero attached hydrogens (tertiary/aromatic N) is 3. The van der Waals surface area contributed by atoms with Crippen LogP contribution in [0.15, 0.2) is 55.0 Å². The van der Waals surface area contributed by atoms with Gasteiger partial charge in [-0.25, -0.2) is 9.97 Å². The summed E-state index contributed by atoms with van der Waals surface area (Å²) >= 11 is 0. The van der Waals surface area contributed by atoms with Gasteiger partial charge in [-0.3, -0.25) is 0 Å². The van der Waals surface area contributed by atoms with Crippen molar-refractivity contribution in [3.05, 3.63) is 55.0 Å². The molecule has 4 heteroatoms. The van der Waals surface area contributed by atoms with E-state index in [1.807, 2.05) is 36.5 Å². The van der Waals surface area contributed by atoms with E-state index in [-0.39, 0.29) is 0 Å². The molecular formula is C12H9N3O. The minimum absolute atomic E-state index is 0.337. The molecule has 3 aromatic rings. The van der Waals surface area contributed by atoms with Gasteiger partial charge in [0.05, 0.1) is 5.52 Å². The van der Waals surface area contributed by atoms with Crippen molar-refractivity contribution in [2.75, 3.05) is 0 Å². The van der Waals surface area contributed by atoms with Crippen LogP contribution in [0.5, 0.6) is 6.01 Å². The summed E-state index contributed by atoms with van der Waals surface area (Å²) in [6, 6.07) is 12.0. The van der Waals surface area contributed by atoms with Crippen LogP contribution in [0.25, 0.3) is 10.9 Å². The molecule has 0 unspecified atom stereocenters. The van der Waals surface area contributed by atoms with E-state index in [0.717, 1.165) is 10.9 Å². The summed E-state index contributed by atoms with van der Waals surface area (Å²) < 4.78 is 1.66. The number of hydrogen-bond acceptors (Lipinski definition) is 3. The lowest BCUT2D eigenvalue weighted by Crippen LogP contribution is -2.05. The summed E-state index contributed by atoms with van der Waals surface area (Å²) in [4.78, 5) is 13.5. The van der Waals surface area contributed by atoms with Gasteiger partial charge in [0.15, 0.2) is 0 Å². The van der Waals surface area contributed by atoms with Gasteiger partial charge in [0.2, 0.25) is 0 Å². The Morgan fingerprint density at radius 3 is 2.62 bits per heavy atom. The topological polar surface area (TPSA) is 39.9 Å². The molecule has 0 radical (unpaired) electrons. The van der Waals surface area contributed by atoms with Crippen molar-refractivity contribution in [2.24, 2.45) is 0 Å². The van der Waals surface area contributed by atoms with E-state index in [9.17, 15) is 0 Å². The van der Waals surface area contributed by atoms with Crippen molar-refractivity contribution in [1.29, 1.82) is 0 Å². The van der Waals surface area contributed by atoms with E-state index in [0.29, 0.717) is 6.01 Å². The molecule has 2 aromatic heterocycles. The first-order chi connectivity index (χ1) is 7.93. The molecule has 3 rings (SSSR count). The lowest BCUT2D eigenvalue weighted by atomic mass is 10.3. The molecular weight excluding hydrogens is 202 g/mol. The summed E-state index contributed by atoms with van der Waals surface area (Å²) in [5, 5.41) is 1.12. The lowest BCUT2D eigenvalue weighted by molar-refractivity contribution is 0.208. The van der Waals surface area contributed by atoms with Crippen LogP contribution in [0.1, 0.15) is 0 Å². The summed E-state index contributed by atoms with van der Waals surface area (Å²) in [5.41, 5.74) is 0.995. The van der Waals surface area contributed by atoms with Crippen LogP contribution >= 0.6 is 0 Å². The van der Waals surface area contributed by atoms with Gasteiger partial charge < -0.3 is 4.84 Å². The normalized spacial score (nSPS) is 10.5. The van der Waals surface area contributed by atoms with Crippen molar-refractivity contribution in [3.63, 3.8) is 0 Å². The summed E-state index contributed by atoms with van der Waals surface area (Å²) in [7, 11) is 0. The average molecular weight is 211 g/mol. The van der Waals surface area contributed by atoms with Crippen LogP contribution in [0, 0.1) is 0 Å². The molecule has 4 nitrogen and oxygen atoms in total. The SMILES string of the molecule is c1cnc(On2ccc3ccccc32)nc1. The van der Waals surface area contributed by atoms with Crippen LogP contribution < -0.4 is 4.84 Å². The molecule has 0 aliphatic carbocycles. The molecule has 0 saturated heterocycles. The zero-order chi connectivity index (χ0) is 10.8. The molecule has 0 saturated carbocycles. The highest BCUT2D eigenvalue weighted by atomic mass is 16.7. The van der Waals surface area contributed by atoms with Gasteiger partial charge in [-0.2, -0.15) is 4.73 Å². The molecule has 0 fully saturated rings. The Morgan fingerprint density at radius 1 is 0.938 bits per heavy atom. The van der Waals surface area contributed by atoms with E-state index >= 15 is 0 Å². The van der Waals surface area contributed by atoms with Crippen molar-refractivity contribution in [2.45, 2.75) is 0 Å². The zero-order valence-electron chi connectivity index (χ0n) is 8.45. The molecule has 78 valence electrons. The second-order valence-electron chi connectivity index (χ2n) is 3.32. The highest BCUT2D eigenvalue weighted by Crippen LogP contribution is 2.15. The molecule has 0 bridgehead atoms. The van der Waals surface area contributed by atoms with Gasteiger partial charge in [0, 0.05) is 24.0 Å². The Morgan fingerprint density at radius 2 is 1.75 bits per heavy atom. The second kappa shape index (κ2) is 3.66. The molecule has 2 heterocycles. The third-order valence-electron chi connectivity index (χ3n) is 2.29. The van der Waals surface area contributed by atoms with Crippen LogP contribution in [0.3, 0.4) is 0 Å². The van der Waals surface area contributed by atoms with E-state index in [2.05, 4.69) is 9.97 Å². The zero-order valence-corrected chi connectivity index (χ0v) is 8.45. The predicted octanol–water partition coefficient (Wildman–Crippen LogP) is 2.27. The Kier molecular flexibility index (Phi) is 2.04. The van der Waals surface area contributed by atoms with Gasteiger partial charge in [-0.15, -0.1) is 0 Å². The van der Waals surface area contributed by atoms with E-state index in [1.165, 1.54) is 0 Å². The number of rotatable bonds is 2. The standard InChI is InChI=1S/C12H9N3O/c1-2-5-11-10(4-1)6-9-15(11)16-12-13-7-3-8-14-12/h1-9H. The minimum atomic E-state index is 0.337. The first kappa shape index (κ1) is 8.91. The maximum Gasteiger partial charge on any atom is 0.343 e. The fourth-order valence-corrected chi connectivity index (χ4v) is 1.56. The Balaban J connectivity index is 2.01. The van der Waals surface area contributed by atoms with E-state index in [4.69, 9.17) is 4.84 Å². The fourth-order valence-electron chi connectivity index (χ4n) is 1.56. The first-order valence-corrected chi connectivity index (χ1v) is 4.95. The monoisotopic (exact) mass is 211 g/mol. The van der Waals surface area contributed by atoms with Crippen LogP contribution in [-0.2, 0) is 0 Å². The van der Waals surface area contributed by atoms with Crippen molar-refractivity contribution in [1.82, 2.24) is 14.7 Å². The highest BCUT2D eigenvalue weighted by Gasteiger charge is 2.02.